The summed E-state index contributed by atoms with van der Waals surface area (Å²) in [5.41, 5.74) is 3.53. The van der Waals surface area contributed by atoms with Crippen molar-refractivity contribution in [2.75, 3.05) is 26.2 Å². The second kappa shape index (κ2) is 7.60. The second-order valence-corrected chi connectivity index (χ2v) is 8.77. The van der Waals surface area contributed by atoms with Crippen molar-refractivity contribution in [1.82, 2.24) is 9.21 Å². The standard InChI is InChI=1S/C20H24N2O3S/c1-16-5-3-7-18(13-16)15-26(24,25)22-11-9-21(10-12-22)20(23)19-8-4-6-17(2)14-19/h3-8,13-14H,9-12,15H2,1-2H3. The van der Waals surface area contributed by atoms with E-state index in [0.29, 0.717) is 31.7 Å². The molecule has 1 aliphatic rings. The van der Waals surface area contributed by atoms with E-state index in [0.717, 1.165) is 16.7 Å². The molecular formula is C20H24N2O3S. The number of carbonyl (C=O) groups is 1. The molecule has 5 nitrogen and oxygen atoms in total. The Hall–Kier alpha value is -2.18. The molecule has 3 rings (SSSR count). The fraction of sp³-hybridized carbons (Fsp3) is 0.350. The lowest BCUT2D eigenvalue weighted by Gasteiger charge is -2.34. The van der Waals surface area contributed by atoms with Gasteiger partial charge in [0, 0.05) is 31.7 Å². The Bertz CT molecular complexity index is 901. The van der Waals surface area contributed by atoms with Crippen LogP contribution in [0.4, 0.5) is 0 Å². The molecule has 1 saturated heterocycles. The molecule has 138 valence electrons. The molecule has 26 heavy (non-hydrogen) atoms. The molecule has 1 heterocycles. The van der Waals surface area contributed by atoms with E-state index in [1.54, 1.807) is 11.0 Å². The molecule has 0 radical (unpaired) electrons. The Morgan fingerprint density at radius 3 is 2.15 bits per heavy atom. The molecule has 1 fully saturated rings. The highest BCUT2D eigenvalue weighted by atomic mass is 32.2. The summed E-state index contributed by atoms with van der Waals surface area (Å²) in [6.07, 6.45) is 0. The van der Waals surface area contributed by atoms with Gasteiger partial charge in [-0.1, -0.05) is 47.5 Å². The van der Waals surface area contributed by atoms with E-state index in [9.17, 15) is 13.2 Å². The highest BCUT2D eigenvalue weighted by molar-refractivity contribution is 7.88. The maximum Gasteiger partial charge on any atom is 0.253 e. The normalized spacial score (nSPS) is 15.8. The molecule has 0 atom stereocenters. The molecule has 0 aromatic heterocycles. The van der Waals surface area contributed by atoms with Gasteiger partial charge in [0.15, 0.2) is 0 Å². The molecule has 0 unspecified atom stereocenters. The molecule has 2 aromatic carbocycles. The van der Waals surface area contributed by atoms with Crippen molar-refractivity contribution in [1.29, 1.82) is 0 Å². The van der Waals surface area contributed by atoms with E-state index >= 15 is 0 Å². The number of piperazine rings is 1. The third kappa shape index (κ3) is 4.31. The Balaban J connectivity index is 1.63. The van der Waals surface area contributed by atoms with Crippen LogP contribution in [0.3, 0.4) is 0 Å². The summed E-state index contributed by atoms with van der Waals surface area (Å²) < 4.78 is 26.9. The number of hydrogen-bond acceptors (Lipinski definition) is 3. The lowest BCUT2D eigenvalue weighted by Crippen LogP contribution is -2.50. The first kappa shape index (κ1) is 18.6. The molecule has 2 aromatic rings. The zero-order chi connectivity index (χ0) is 18.7. The van der Waals surface area contributed by atoms with Crippen LogP contribution in [0.15, 0.2) is 48.5 Å². The van der Waals surface area contributed by atoms with Crippen molar-refractivity contribution in [3.8, 4) is 0 Å². The second-order valence-electron chi connectivity index (χ2n) is 6.81. The zero-order valence-corrected chi connectivity index (χ0v) is 16.0. The quantitative estimate of drug-likeness (QED) is 0.829. The zero-order valence-electron chi connectivity index (χ0n) is 15.2. The van der Waals surface area contributed by atoms with E-state index in [1.807, 2.05) is 56.3 Å². The maximum atomic E-state index is 12.7. The summed E-state index contributed by atoms with van der Waals surface area (Å²) in [4.78, 5) is 14.3. The smallest absolute Gasteiger partial charge is 0.253 e. The van der Waals surface area contributed by atoms with Gasteiger partial charge in [-0.25, -0.2) is 8.42 Å². The van der Waals surface area contributed by atoms with E-state index in [-0.39, 0.29) is 11.7 Å². The van der Waals surface area contributed by atoms with E-state index in [1.165, 1.54) is 4.31 Å². The minimum Gasteiger partial charge on any atom is -0.336 e. The number of benzene rings is 2. The minimum absolute atomic E-state index is 0.000502. The number of amides is 1. The molecule has 6 heteroatoms. The van der Waals surface area contributed by atoms with Crippen molar-refractivity contribution < 1.29 is 13.2 Å². The fourth-order valence-electron chi connectivity index (χ4n) is 3.23. The van der Waals surface area contributed by atoms with Crippen LogP contribution in [0.25, 0.3) is 0 Å². The van der Waals surface area contributed by atoms with Gasteiger partial charge < -0.3 is 4.90 Å². The van der Waals surface area contributed by atoms with Crippen molar-refractivity contribution >= 4 is 15.9 Å². The Labute approximate surface area is 155 Å². The Morgan fingerprint density at radius 1 is 0.923 bits per heavy atom. The highest BCUT2D eigenvalue weighted by Crippen LogP contribution is 2.16. The molecule has 0 saturated carbocycles. The molecule has 0 spiro atoms. The van der Waals surface area contributed by atoms with Crippen molar-refractivity contribution in [3.05, 3.63) is 70.8 Å². The average molecular weight is 372 g/mol. The number of carbonyl (C=O) groups excluding carboxylic acids is 1. The summed E-state index contributed by atoms with van der Waals surface area (Å²) in [6, 6.07) is 15.0. The first-order valence-electron chi connectivity index (χ1n) is 8.74. The Kier molecular flexibility index (Phi) is 5.44. The van der Waals surface area contributed by atoms with E-state index in [2.05, 4.69) is 0 Å². The van der Waals surface area contributed by atoms with Crippen LogP contribution in [0.5, 0.6) is 0 Å². The van der Waals surface area contributed by atoms with Crippen LogP contribution in [0, 0.1) is 13.8 Å². The van der Waals surface area contributed by atoms with Crippen LogP contribution < -0.4 is 0 Å². The maximum absolute atomic E-state index is 12.7. The van der Waals surface area contributed by atoms with Gasteiger partial charge in [-0.2, -0.15) is 4.31 Å². The van der Waals surface area contributed by atoms with Gasteiger partial charge in [0.1, 0.15) is 0 Å². The largest absolute Gasteiger partial charge is 0.336 e. The number of hydrogen-bond donors (Lipinski definition) is 0. The average Bonchev–Trinajstić information content (AvgIpc) is 2.61. The SMILES string of the molecule is Cc1cccc(CS(=O)(=O)N2CCN(C(=O)c3cccc(C)c3)CC2)c1. The third-order valence-corrected chi connectivity index (χ3v) is 6.47. The summed E-state index contributed by atoms with van der Waals surface area (Å²) in [7, 11) is -3.38. The lowest BCUT2D eigenvalue weighted by molar-refractivity contribution is 0.0697. The first-order valence-corrected chi connectivity index (χ1v) is 10.4. The third-order valence-electron chi connectivity index (χ3n) is 4.62. The van der Waals surface area contributed by atoms with Gasteiger partial charge in [0.05, 0.1) is 5.75 Å². The summed E-state index contributed by atoms with van der Waals surface area (Å²) in [5, 5.41) is 0. The first-order chi connectivity index (χ1) is 12.3. The predicted octanol–water partition coefficient (Wildman–Crippen LogP) is 2.59. The van der Waals surface area contributed by atoms with Crippen LogP contribution in [0.2, 0.25) is 0 Å². The highest BCUT2D eigenvalue weighted by Gasteiger charge is 2.29. The number of nitrogens with zero attached hydrogens (tertiary/aromatic N) is 2. The van der Waals surface area contributed by atoms with Crippen LogP contribution in [-0.4, -0.2) is 49.7 Å². The molecule has 0 bridgehead atoms. The van der Waals surface area contributed by atoms with Gasteiger partial charge in [-0.3, -0.25) is 4.79 Å². The van der Waals surface area contributed by atoms with Gasteiger partial charge in [0.25, 0.3) is 5.91 Å². The lowest BCUT2D eigenvalue weighted by atomic mass is 10.1. The molecule has 1 aliphatic heterocycles. The van der Waals surface area contributed by atoms with Crippen LogP contribution in [0.1, 0.15) is 27.0 Å². The van der Waals surface area contributed by atoms with Gasteiger partial charge in [0.2, 0.25) is 10.0 Å². The molecule has 1 amide bonds. The summed E-state index contributed by atoms with van der Waals surface area (Å²) in [6.45, 7) is 5.41. The van der Waals surface area contributed by atoms with Crippen LogP contribution in [-0.2, 0) is 15.8 Å². The van der Waals surface area contributed by atoms with Gasteiger partial charge >= 0.3 is 0 Å². The van der Waals surface area contributed by atoms with Crippen molar-refractivity contribution in [3.63, 3.8) is 0 Å². The molecule has 0 N–H and O–H groups in total. The minimum atomic E-state index is -3.38. The monoisotopic (exact) mass is 372 g/mol. The van der Waals surface area contributed by atoms with Gasteiger partial charge in [-0.05, 0) is 31.5 Å². The number of rotatable bonds is 4. The molecular weight excluding hydrogens is 348 g/mol. The van der Waals surface area contributed by atoms with Gasteiger partial charge in [-0.15, -0.1) is 0 Å². The Morgan fingerprint density at radius 2 is 1.54 bits per heavy atom. The topological polar surface area (TPSA) is 57.7 Å². The molecule has 0 aliphatic carbocycles. The fourth-order valence-corrected chi connectivity index (χ4v) is 4.74. The number of sulfonamides is 1. The van der Waals surface area contributed by atoms with Crippen molar-refractivity contribution in [2.24, 2.45) is 0 Å². The van der Waals surface area contributed by atoms with Crippen LogP contribution >= 0.6 is 0 Å². The predicted molar refractivity (Wildman–Crippen MR) is 102 cm³/mol. The summed E-state index contributed by atoms with van der Waals surface area (Å²) >= 11 is 0. The number of aryl methyl sites for hydroxylation is 2. The van der Waals surface area contributed by atoms with Crippen molar-refractivity contribution in [2.45, 2.75) is 19.6 Å². The van der Waals surface area contributed by atoms with E-state index in [4.69, 9.17) is 0 Å². The van der Waals surface area contributed by atoms with E-state index < -0.39 is 10.0 Å². The summed E-state index contributed by atoms with van der Waals surface area (Å²) in [5.74, 6) is -0.0371.